The van der Waals surface area contributed by atoms with E-state index in [9.17, 15) is 0 Å². The van der Waals surface area contributed by atoms with Crippen LogP contribution in [0.3, 0.4) is 0 Å². The van der Waals surface area contributed by atoms with Gasteiger partial charge in [0.05, 0.1) is 0 Å². The minimum atomic E-state index is 0. The summed E-state index contributed by atoms with van der Waals surface area (Å²) in [7, 11) is 0. The smallest absolute Gasteiger partial charge is 0.0171 e. The summed E-state index contributed by atoms with van der Waals surface area (Å²) < 4.78 is 0. The largest absolute Gasteiger partial charge is 0.0998 e. The Morgan fingerprint density at radius 1 is 1.64 bits per heavy atom. The lowest BCUT2D eigenvalue weighted by atomic mass is 9.86. The van der Waals surface area contributed by atoms with Crippen molar-refractivity contribution >= 4 is 0 Å². The fourth-order valence-electron chi connectivity index (χ4n) is 1.41. The summed E-state index contributed by atoms with van der Waals surface area (Å²) in [6, 6.07) is 0. The summed E-state index contributed by atoms with van der Waals surface area (Å²) in [6.45, 7) is 8.33. The van der Waals surface area contributed by atoms with Gasteiger partial charge >= 0.3 is 0 Å². The zero-order valence-electron chi connectivity index (χ0n) is 6.98. The van der Waals surface area contributed by atoms with Gasteiger partial charge in [0.25, 0.3) is 0 Å². The van der Waals surface area contributed by atoms with Gasteiger partial charge in [-0.25, -0.2) is 0 Å². The summed E-state index contributed by atoms with van der Waals surface area (Å²) in [5.41, 5.74) is 2.90. The summed E-state index contributed by atoms with van der Waals surface area (Å²) in [6.07, 6.45) is 6.17. The number of hydrogen-bond donors (Lipinski definition) is 0. The van der Waals surface area contributed by atoms with Crippen molar-refractivity contribution in [3.63, 3.8) is 0 Å². The van der Waals surface area contributed by atoms with Gasteiger partial charge in [0.2, 0.25) is 0 Å². The first-order valence-electron chi connectivity index (χ1n) is 4.01. The van der Waals surface area contributed by atoms with Gasteiger partial charge in [0, 0.05) is 0 Å². The van der Waals surface area contributed by atoms with E-state index in [1.807, 2.05) is 0 Å². The van der Waals surface area contributed by atoms with Gasteiger partial charge in [-0.1, -0.05) is 31.2 Å². The molecule has 0 saturated carbocycles. The van der Waals surface area contributed by atoms with E-state index in [2.05, 4.69) is 26.5 Å². The molecule has 11 heavy (non-hydrogen) atoms. The number of hydrogen-bond acceptors (Lipinski definition) is 0. The Morgan fingerprint density at radius 3 is 2.64 bits per heavy atom. The monoisotopic (exact) mass is 152 g/mol. The van der Waals surface area contributed by atoms with Crippen LogP contribution in [0.4, 0.5) is 0 Å². The van der Waals surface area contributed by atoms with Crippen molar-refractivity contribution in [2.75, 3.05) is 0 Å². The van der Waals surface area contributed by atoms with Crippen molar-refractivity contribution in [2.24, 2.45) is 5.92 Å². The van der Waals surface area contributed by atoms with Crippen LogP contribution >= 0.6 is 0 Å². The summed E-state index contributed by atoms with van der Waals surface area (Å²) in [5, 5.41) is 0. The van der Waals surface area contributed by atoms with Gasteiger partial charge in [0.15, 0.2) is 0 Å². The maximum atomic E-state index is 3.97. The summed E-state index contributed by atoms with van der Waals surface area (Å²) >= 11 is 0. The van der Waals surface area contributed by atoms with Crippen LogP contribution in [-0.2, 0) is 0 Å². The molecule has 0 radical (unpaired) electrons. The second kappa shape index (κ2) is 4.38. The van der Waals surface area contributed by atoms with Gasteiger partial charge in [-0.2, -0.15) is 0 Å². The molecule has 0 aromatic rings. The average molecular weight is 152 g/mol. The van der Waals surface area contributed by atoms with Gasteiger partial charge in [-0.15, -0.1) is 0 Å². The van der Waals surface area contributed by atoms with Crippen molar-refractivity contribution in [3.05, 3.63) is 23.8 Å². The molecule has 0 aliphatic heterocycles. The SMILES string of the molecule is C.C=C(C)C1CC=C(C)CC1. The zero-order chi connectivity index (χ0) is 7.56. The Morgan fingerprint density at radius 2 is 2.27 bits per heavy atom. The zero-order valence-corrected chi connectivity index (χ0v) is 6.98. The highest BCUT2D eigenvalue weighted by atomic mass is 14.2. The summed E-state index contributed by atoms with van der Waals surface area (Å²) in [5.74, 6) is 0.767. The topological polar surface area (TPSA) is 0 Å². The minimum absolute atomic E-state index is 0. The van der Waals surface area contributed by atoms with E-state index in [1.165, 1.54) is 24.8 Å². The quantitative estimate of drug-likeness (QED) is 0.499. The van der Waals surface area contributed by atoms with Gasteiger partial charge in [-0.05, 0) is 39.0 Å². The second-order valence-corrected chi connectivity index (χ2v) is 3.37. The lowest BCUT2D eigenvalue weighted by Crippen LogP contribution is -2.04. The van der Waals surface area contributed by atoms with Crippen LogP contribution < -0.4 is 0 Å². The first-order valence-corrected chi connectivity index (χ1v) is 4.01. The molecule has 0 amide bonds. The molecule has 0 N–H and O–H groups in total. The Hall–Kier alpha value is -0.520. The molecular weight excluding hydrogens is 132 g/mol. The highest BCUT2D eigenvalue weighted by Gasteiger charge is 2.11. The molecular formula is C11H20. The molecule has 1 unspecified atom stereocenters. The van der Waals surface area contributed by atoms with E-state index >= 15 is 0 Å². The second-order valence-electron chi connectivity index (χ2n) is 3.37. The molecule has 0 aromatic carbocycles. The molecule has 0 spiro atoms. The Kier molecular flexibility index (Phi) is 4.17. The van der Waals surface area contributed by atoms with E-state index in [0.717, 1.165) is 5.92 Å². The van der Waals surface area contributed by atoms with Crippen molar-refractivity contribution in [1.29, 1.82) is 0 Å². The van der Waals surface area contributed by atoms with Crippen LogP contribution in [0.2, 0.25) is 0 Å². The molecule has 1 aliphatic carbocycles. The molecule has 0 heterocycles. The predicted octanol–water partition coefficient (Wildman–Crippen LogP) is 3.95. The van der Waals surface area contributed by atoms with Crippen molar-refractivity contribution < 1.29 is 0 Å². The van der Waals surface area contributed by atoms with Crippen molar-refractivity contribution in [1.82, 2.24) is 0 Å². The van der Waals surface area contributed by atoms with Crippen LogP contribution in [0.5, 0.6) is 0 Å². The molecule has 0 saturated heterocycles. The van der Waals surface area contributed by atoms with Gasteiger partial charge in [-0.3, -0.25) is 0 Å². The minimum Gasteiger partial charge on any atom is -0.0998 e. The van der Waals surface area contributed by atoms with Gasteiger partial charge in [0.1, 0.15) is 0 Å². The maximum Gasteiger partial charge on any atom is -0.0171 e. The standard InChI is InChI=1S/C10H16.CH4/c1-8(2)10-6-4-9(3)5-7-10;/h4,10H,1,5-7H2,2-3H3;1H4. The third-order valence-corrected chi connectivity index (χ3v) is 2.33. The molecule has 0 bridgehead atoms. The predicted molar refractivity (Wildman–Crippen MR) is 52.6 cm³/mol. The molecule has 0 fully saturated rings. The maximum absolute atomic E-state index is 3.97. The fourth-order valence-corrected chi connectivity index (χ4v) is 1.41. The molecule has 1 atom stereocenters. The first-order chi connectivity index (χ1) is 4.70. The number of allylic oxidation sites excluding steroid dienone is 3. The molecule has 1 aliphatic rings. The highest BCUT2D eigenvalue weighted by molar-refractivity contribution is 5.09. The molecule has 0 aromatic heterocycles. The number of rotatable bonds is 1. The molecule has 0 nitrogen and oxygen atoms in total. The first kappa shape index (κ1) is 10.5. The molecule has 0 heteroatoms. The van der Waals surface area contributed by atoms with Crippen LogP contribution in [0.1, 0.15) is 40.5 Å². The Labute approximate surface area is 71.0 Å². The summed E-state index contributed by atoms with van der Waals surface area (Å²) in [4.78, 5) is 0. The normalized spacial score (nSPS) is 23.5. The Bertz CT molecular complexity index is 163. The molecule has 1 rings (SSSR count). The third kappa shape index (κ3) is 2.92. The van der Waals surface area contributed by atoms with Gasteiger partial charge < -0.3 is 0 Å². The fraction of sp³-hybridized carbons (Fsp3) is 0.636. The van der Waals surface area contributed by atoms with Crippen LogP contribution in [-0.4, -0.2) is 0 Å². The van der Waals surface area contributed by atoms with Crippen molar-refractivity contribution in [2.45, 2.75) is 40.5 Å². The van der Waals surface area contributed by atoms with Crippen LogP contribution in [0.15, 0.2) is 23.8 Å². The average Bonchev–Trinajstić information content (AvgIpc) is 1.88. The van der Waals surface area contributed by atoms with Crippen LogP contribution in [0, 0.1) is 5.92 Å². The lowest BCUT2D eigenvalue weighted by Gasteiger charge is -2.19. The van der Waals surface area contributed by atoms with E-state index in [0.29, 0.717) is 0 Å². The molecule has 64 valence electrons. The van der Waals surface area contributed by atoms with Crippen LogP contribution in [0.25, 0.3) is 0 Å². The van der Waals surface area contributed by atoms with E-state index in [4.69, 9.17) is 0 Å². The van der Waals surface area contributed by atoms with E-state index in [1.54, 1.807) is 5.57 Å². The van der Waals surface area contributed by atoms with Crippen molar-refractivity contribution in [3.8, 4) is 0 Å². The lowest BCUT2D eigenvalue weighted by molar-refractivity contribution is 0.540. The highest BCUT2D eigenvalue weighted by Crippen LogP contribution is 2.27. The Balaban J connectivity index is 0.000001000. The van der Waals surface area contributed by atoms with E-state index in [-0.39, 0.29) is 7.43 Å². The van der Waals surface area contributed by atoms with E-state index < -0.39 is 0 Å². The third-order valence-electron chi connectivity index (χ3n) is 2.33.